The van der Waals surface area contributed by atoms with Gasteiger partial charge < -0.3 is 10.1 Å². The second-order valence-corrected chi connectivity index (χ2v) is 8.00. The van der Waals surface area contributed by atoms with Crippen LogP contribution in [0, 0.1) is 5.82 Å². The number of piperidine rings is 1. The second kappa shape index (κ2) is 10.5. The second-order valence-electron chi connectivity index (χ2n) is 8.00. The van der Waals surface area contributed by atoms with Crippen molar-refractivity contribution >= 4 is 11.9 Å². The largest absolute Gasteiger partial charge is 0.463 e. The van der Waals surface area contributed by atoms with E-state index < -0.39 is 0 Å². The number of halogens is 1. The van der Waals surface area contributed by atoms with Crippen molar-refractivity contribution in [1.29, 1.82) is 0 Å². The molecule has 162 valence electrons. The van der Waals surface area contributed by atoms with Crippen molar-refractivity contribution in [1.82, 2.24) is 10.2 Å². The van der Waals surface area contributed by atoms with Crippen molar-refractivity contribution in [3.8, 4) is 0 Å². The first kappa shape index (κ1) is 22.2. The molecule has 1 amide bonds. The summed E-state index contributed by atoms with van der Waals surface area (Å²) in [4.78, 5) is 27.0. The number of carbonyl (C=O) groups is 2. The number of likely N-dealkylation sites (tertiary alicyclic amines) is 1. The molecule has 30 heavy (non-hydrogen) atoms. The molecule has 2 aliphatic rings. The van der Waals surface area contributed by atoms with Crippen LogP contribution in [0.1, 0.15) is 51.5 Å². The van der Waals surface area contributed by atoms with E-state index in [9.17, 15) is 14.0 Å². The van der Waals surface area contributed by atoms with E-state index in [1.807, 2.05) is 19.1 Å². The van der Waals surface area contributed by atoms with Crippen LogP contribution in [0.5, 0.6) is 0 Å². The summed E-state index contributed by atoms with van der Waals surface area (Å²) >= 11 is 0. The van der Waals surface area contributed by atoms with Crippen molar-refractivity contribution in [3.05, 3.63) is 58.9 Å². The number of ether oxygens (including phenoxy) is 1. The van der Waals surface area contributed by atoms with Crippen LogP contribution in [-0.4, -0.2) is 42.0 Å². The normalized spacial score (nSPS) is 20.7. The van der Waals surface area contributed by atoms with Gasteiger partial charge in [-0.05, 0) is 69.3 Å². The highest BCUT2D eigenvalue weighted by Gasteiger charge is 2.30. The van der Waals surface area contributed by atoms with Crippen LogP contribution in [0.15, 0.2) is 47.6 Å². The monoisotopic (exact) mass is 414 g/mol. The molecule has 1 N–H and O–H groups in total. The van der Waals surface area contributed by atoms with E-state index in [0.717, 1.165) is 43.4 Å². The quantitative estimate of drug-likeness (QED) is 0.688. The van der Waals surface area contributed by atoms with E-state index in [2.05, 4.69) is 10.2 Å². The van der Waals surface area contributed by atoms with Gasteiger partial charge in [-0.1, -0.05) is 30.7 Å². The molecule has 2 atom stereocenters. The van der Waals surface area contributed by atoms with Gasteiger partial charge in [0, 0.05) is 18.2 Å². The molecular formula is C24H31FN2O3. The van der Waals surface area contributed by atoms with E-state index in [4.69, 9.17) is 4.74 Å². The molecule has 6 heteroatoms. The van der Waals surface area contributed by atoms with Crippen LogP contribution >= 0.6 is 0 Å². The summed E-state index contributed by atoms with van der Waals surface area (Å²) in [7, 11) is 0. The van der Waals surface area contributed by atoms with E-state index >= 15 is 0 Å². The highest BCUT2D eigenvalue weighted by Crippen LogP contribution is 2.24. The summed E-state index contributed by atoms with van der Waals surface area (Å²) in [6.07, 6.45) is 7.94. The first-order valence-electron chi connectivity index (χ1n) is 10.8. The Kier molecular flexibility index (Phi) is 7.80. The summed E-state index contributed by atoms with van der Waals surface area (Å²) in [6, 6.07) is 6.27. The van der Waals surface area contributed by atoms with Crippen LogP contribution in [0.3, 0.4) is 0 Å². The minimum absolute atomic E-state index is 0.0136. The maximum Gasteiger partial charge on any atom is 0.333 e. The summed E-state index contributed by atoms with van der Waals surface area (Å²) in [5.41, 5.74) is 2.66. The third kappa shape index (κ3) is 5.79. The number of rotatable bonds is 7. The molecule has 0 bridgehead atoms. The predicted molar refractivity (Wildman–Crippen MR) is 114 cm³/mol. The highest BCUT2D eigenvalue weighted by molar-refractivity contribution is 5.89. The molecule has 3 rings (SSSR count). The van der Waals surface area contributed by atoms with Crippen LogP contribution < -0.4 is 5.32 Å². The Morgan fingerprint density at radius 3 is 2.80 bits per heavy atom. The summed E-state index contributed by atoms with van der Waals surface area (Å²) in [5, 5.41) is 3.15. The summed E-state index contributed by atoms with van der Waals surface area (Å²) < 4.78 is 18.6. The lowest BCUT2D eigenvalue weighted by Gasteiger charge is -2.35. The Bertz CT molecular complexity index is 833. The molecular weight excluding hydrogens is 383 g/mol. The maximum absolute atomic E-state index is 13.5. The average molecular weight is 415 g/mol. The lowest BCUT2D eigenvalue weighted by Crippen LogP contribution is -2.51. The summed E-state index contributed by atoms with van der Waals surface area (Å²) in [6.45, 7) is 5.54. The highest BCUT2D eigenvalue weighted by atomic mass is 19.1. The number of hydrogen-bond acceptors (Lipinski definition) is 4. The Morgan fingerprint density at radius 2 is 2.10 bits per heavy atom. The molecule has 0 radical (unpaired) electrons. The van der Waals surface area contributed by atoms with E-state index in [1.54, 1.807) is 19.1 Å². The van der Waals surface area contributed by atoms with Crippen LogP contribution in [0.2, 0.25) is 0 Å². The van der Waals surface area contributed by atoms with Crippen molar-refractivity contribution < 1.29 is 18.7 Å². The van der Waals surface area contributed by atoms with Gasteiger partial charge in [0.1, 0.15) is 5.82 Å². The number of amides is 1. The van der Waals surface area contributed by atoms with Crippen molar-refractivity contribution in [3.63, 3.8) is 0 Å². The van der Waals surface area contributed by atoms with Gasteiger partial charge in [-0.3, -0.25) is 9.69 Å². The molecule has 1 aromatic rings. The van der Waals surface area contributed by atoms with E-state index in [-0.39, 0.29) is 29.8 Å². The Labute approximate surface area is 178 Å². The van der Waals surface area contributed by atoms with Crippen LogP contribution in [0.25, 0.3) is 0 Å². The lowest BCUT2D eigenvalue weighted by molar-refractivity contribution is -0.138. The molecule has 5 nitrogen and oxygen atoms in total. The lowest BCUT2D eigenvalue weighted by atomic mass is 9.93. The van der Waals surface area contributed by atoms with Crippen LogP contribution in [0.4, 0.5) is 4.39 Å². The number of nitrogens with one attached hydrogen (secondary N) is 1. The van der Waals surface area contributed by atoms with Gasteiger partial charge in [-0.15, -0.1) is 0 Å². The van der Waals surface area contributed by atoms with Crippen molar-refractivity contribution in [2.45, 2.75) is 64.6 Å². The van der Waals surface area contributed by atoms with E-state index in [0.29, 0.717) is 25.1 Å². The molecule has 0 aromatic heterocycles. The number of allylic oxidation sites excluding steroid dienone is 2. The number of hydrogen-bond donors (Lipinski definition) is 1. The van der Waals surface area contributed by atoms with Gasteiger partial charge >= 0.3 is 5.97 Å². The Hall–Kier alpha value is -2.47. The minimum Gasteiger partial charge on any atom is -0.463 e. The molecule has 1 heterocycles. The van der Waals surface area contributed by atoms with Crippen molar-refractivity contribution in [2.75, 3.05) is 13.2 Å². The zero-order chi connectivity index (χ0) is 21.5. The zero-order valence-electron chi connectivity index (χ0n) is 17.8. The van der Waals surface area contributed by atoms with E-state index in [1.165, 1.54) is 12.1 Å². The fourth-order valence-electron chi connectivity index (χ4n) is 4.16. The molecule has 1 fully saturated rings. The number of esters is 1. The fraction of sp³-hybridized carbons (Fsp3) is 0.500. The Morgan fingerprint density at radius 1 is 1.27 bits per heavy atom. The standard InChI is InChI=1S/C24H31FN2O3/c1-3-30-24(29)20-12-10-19(11-13-20)17(2)26-23(28)22-9-4-5-14-27(22)16-18-7-6-8-21(25)15-18/h6-8,10,12,15,17,22H,3-5,9,11,13-14,16H2,1-2H3,(H,26,28)/t17-,22?/m0/s1. The van der Waals surface area contributed by atoms with Gasteiger partial charge in [-0.2, -0.15) is 0 Å². The molecule has 1 aliphatic heterocycles. The fourth-order valence-corrected chi connectivity index (χ4v) is 4.16. The first-order chi connectivity index (χ1) is 14.5. The molecule has 0 saturated carbocycles. The Balaban J connectivity index is 1.61. The molecule has 1 unspecified atom stereocenters. The van der Waals surface area contributed by atoms with Crippen molar-refractivity contribution in [2.24, 2.45) is 0 Å². The number of carbonyl (C=O) groups excluding carboxylic acids is 2. The molecule has 0 spiro atoms. The average Bonchev–Trinajstić information content (AvgIpc) is 2.74. The van der Waals surface area contributed by atoms with Gasteiger partial charge in [0.05, 0.1) is 12.6 Å². The third-order valence-corrected chi connectivity index (χ3v) is 5.83. The first-order valence-corrected chi connectivity index (χ1v) is 10.8. The van der Waals surface area contributed by atoms with Crippen LogP contribution in [-0.2, 0) is 20.9 Å². The predicted octanol–water partition coefficient (Wildman–Crippen LogP) is 3.89. The molecule has 1 saturated heterocycles. The minimum atomic E-state index is -0.264. The number of benzene rings is 1. The van der Waals surface area contributed by atoms with Gasteiger partial charge in [0.25, 0.3) is 0 Å². The SMILES string of the molecule is CCOC(=O)C1=CC=C([C@H](C)NC(=O)C2CCCCN2Cc2cccc(F)c2)CC1. The zero-order valence-corrected chi connectivity index (χ0v) is 17.8. The maximum atomic E-state index is 13.5. The van der Waals surface area contributed by atoms with Gasteiger partial charge in [0.2, 0.25) is 5.91 Å². The molecule has 1 aromatic carbocycles. The smallest absolute Gasteiger partial charge is 0.333 e. The number of nitrogens with zero attached hydrogens (tertiary/aromatic N) is 1. The third-order valence-electron chi connectivity index (χ3n) is 5.83. The summed E-state index contributed by atoms with van der Waals surface area (Å²) in [5.74, 6) is -0.502. The topological polar surface area (TPSA) is 58.6 Å². The van der Waals surface area contributed by atoms with Gasteiger partial charge in [-0.25, -0.2) is 9.18 Å². The van der Waals surface area contributed by atoms with Gasteiger partial charge in [0.15, 0.2) is 0 Å². The molecule has 1 aliphatic carbocycles.